The van der Waals surface area contributed by atoms with Crippen LogP contribution < -0.4 is 4.43 Å². The first-order valence-corrected chi connectivity index (χ1v) is 10.5. The lowest BCUT2D eigenvalue weighted by Gasteiger charge is -2.38. The molecule has 0 aliphatic rings. The summed E-state index contributed by atoms with van der Waals surface area (Å²) in [7, 11) is -2.07. The number of rotatable bonds is 5. The third kappa shape index (κ3) is 3.90. The fourth-order valence-corrected chi connectivity index (χ4v) is 2.80. The maximum atomic E-state index is 12.1. The fourth-order valence-electron chi connectivity index (χ4n) is 1.77. The number of carbonyl (C=O) groups excluding carboxylic acids is 1. The minimum Gasteiger partial charge on any atom is -0.543 e. The second-order valence-corrected chi connectivity index (χ2v) is 11.9. The molecule has 0 aromatic heterocycles. The van der Waals surface area contributed by atoms with Gasteiger partial charge in [0, 0.05) is 5.56 Å². The van der Waals surface area contributed by atoms with E-state index in [1.807, 2.05) is 6.07 Å². The Balaban J connectivity index is 3.23. The summed E-state index contributed by atoms with van der Waals surface area (Å²) in [5.41, 5.74) is -1.28. The van der Waals surface area contributed by atoms with Gasteiger partial charge < -0.3 is 14.3 Å². The summed E-state index contributed by atoms with van der Waals surface area (Å²) in [5, 5.41) is 10.7. The van der Waals surface area contributed by atoms with Gasteiger partial charge >= 0.3 is 5.97 Å². The van der Waals surface area contributed by atoms with E-state index < -0.39 is 19.9 Å². The molecule has 1 aromatic rings. The van der Waals surface area contributed by atoms with Gasteiger partial charge in [0.25, 0.3) is 0 Å². The van der Waals surface area contributed by atoms with Crippen molar-refractivity contribution in [2.24, 2.45) is 0 Å². The molecule has 5 heteroatoms. The van der Waals surface area contributed by atoms with Crippen molar-refractivity contribution < 1.29 is 19.1 Å². The number of esters is 1. The lowest BCUT2D eigenvalue weighted by molar-refractivity contribution is -0.164. The predicted molar refractivity (Wildman–Crippen MR) is 90.5 cm³/mol. The average Bonchev–Trinajstić information content (AvgIpc) is 2.37. The molecular weight excluding hydrogens is 296 g/mol. The van der Waals surface area contributed by atoms with Gasteiger partial charge in [0.1, 0.15) is 5.75 Å². The molecule has 1 rings (SSSR count). The highest BCUT2D eigenvalue weighted by molar-refractivity contribution is 6.74. The monoisotopic (exact) mass is 324 g/mol. The van der Waals surface area contributed by atoms with Crippen LogP contribution in [0.15, 0.2) is 24.3 Å². The van der Waals surface area contributed by atoms with Crippen molar-refractivity contribution in [1.82, 2.24) is 0 Å². The van der Waals surface area contributed by atoms with Gasteiger partial charge in [-0.25, -0.2) is 4.79 Å². The highest BCUT2D eigenvalue weighted by atomic mass is 28.4. The summed E-state index contributed by atoms with van der Waals surface area (Å²) < 4.78 is 11.3. The second-order valence-electron chi connectivity index (χ2n) is 7.15. The van der Waals surface area contributed by atoms with Gasteiger partial charge in [0.15, 0.2) is 5.60 Å². The molecule has 0 aliphatic carbocycles. The molecule has 0 heterocycles. The summed E-state index contributed by atoms with van der Waals surface area (Å²) in [5.74, 6) is -0.117. The third-order valence-corrected chi connectivity index (χ3v) is 8.60. The first kappa shape index (κ1) is 18.7. The number of para-hydroxylation sites is 1. The Morgan fingerprint density at radius 3 is 2.23 bits per heavy atom. The maximum Gasteiger partial charge on any atom is 0.342 e. The van der Waals surface area contributed by atoms with Crippen molar-refractivity contribution in [3.05, 3.63) is 29.8 Å². The van der Waals surface area contributed by atoms with Gasteiger partial charge in [-0.3, -0.25) is 0 Å². The van der Waals surface area contributed by atoms with Crippen LogP contribution in [0.3, 0.4) is 0 Å². The van der Waals surface area contributed by atoms with Gasteiger partial charge in [-0.15, -0.1) is 0 Å². The second kappa shape index (κ2) is 6.42. The zero-order valence-corrected chi connectivity index (χ0v) is 15.7. The van der Waals surface area contributed by atoms with Crippen LogP contribution in [0.5, 0.6) is 5.75 Å². The van der Waals surface area contributed by atoms with Gasteiger partial charge in [-0.2, -0.15) is 0 Å². The number of benzene rings is 1. The number of hydrogen-bond acceptors (Lipinski definition) is 4. The first-order valence-electron chi connectivity index (χ1n) is 7.61. The van der Waals surface area contributed by atoms with Crippen LogP contribution in [0.2, 0.25) is 18.1 Å². The quantitative estimate of drug-likeness (QED) is 0.660. The Morgan fingerprint density at radius 1 is 1.18 bits per heavy atom. The zero-order chi connectivity index (χ0) is 17.2. The molecule has 1 aromatic carbocycles. The van der Waals surface area contributed by atoms with E-state index in [0.29, 0.717) is 11.3 Å². The Bertz CT molecular complexity index is 530. The molecular formula is C17H28O4Si. The highest BCUT2D eigenvalue weighted by Crippen LogP contribution is 2.40. The van der Waals surface area contributed by atoms with Crippen LogP contribution in [0.1, 0.15) is 40.2 Å². The molecule has 0 saturated carbocycles. The van der Waals surface area contributed by atoms with Crippen LogP contribution in [-0.2, 0) is 15.1 Å². The zero-order valence-electron chi connectivity index (χ0n) is 14.7. The Hall–Kier alpha value is -1.33. The minimum atomic E-state index is -2.07. The van der Waals surface area contributed by atoms with E-state index in [1.54, 1.807) is 25.1 Å². The standard InChI is InChI=1S/C17H28O4Si/c1-8-20-15(18)17(5,19)13-11-9-10-12-14(13)21-22(6,7)16(2,3)4/h9-12,19H,8H2,1-7H3. The van der Waals surface area contributed by atoms with Gasteiger partial charge in [-0.05, 0) is 38.0 Å². The van der Waals surface area contributed by atoms with E-state index in [9.17, 15) is 9.90 Å². The Kier molecular flexibility index (Phi) is 5.46. The third-order valence-electron chi connectivity index (χ3n) is 4.26. The average molecular weight is 324 g/mol. The largest absolute Gasteiger partial charge is 0.543 e. The van der Waals surface area contributed by atoms with E-state index in [1.165, 1.54) is 6.92 Å². The number of hydrogen-bond donors (Lipinski definition) is 1. The normalized spacial score (nSPS) is 15.1. The lowest BCUT2D eigenvalue weighted by Crippen LogP contribution is -2.45. The van der Waals surface area contributed by atoms with Crippen molar-refractivity contribution in [1.29, 1.82) is 0 Å². The van der Waals surface area contributed by atoms with Crippen molar-refractivity contribution in [3.63, 3.8) is 0 Å². The summed E-state index contributed by atoms with van der Waals surface area (Å²) in [6.45, 7) is 14.1. The molecule has 0 spiro atoms. The molecule has 22 heavy (non-hydrogen) atoms. The molecule has 0 aliphatic heterocycles. The predicted octanol–water partition coefficient (Wildman–Crippen LogP) is 3.84. The molecule has 1 N–H and O–H groups in total. The number of aliphatic hydroxyl groups is 1. The molecule has 0 fully saturated rings. The van der Waals surface area contributed by atoms with E-state index in [-0.39, 0.29) is 11.6 Å². The molecule has 0 saturated heterocycles. The SMILES string of the molecule is CCOC(=O)C(C)(O)c1ccccc1O[Si](C)(C)C(C)(C)C. The minimum absolute atomic E-state index is 0.0237. The molecule has 0 bridgehead atoms. The molecule has 1 atom stereocenters. The van der Waals surface area contributed by atoms with Crippen LogP contribution in [0.4, 0.5) is 0 Å². The molecule has 0 amide bonds. The van der Waals surface area contributed by atoms with Gasteiger partial charge in [0.05, 0.1) is 6.61 Å². The molecule has 124 valence electrons. The molecule has 0 radical (unpaired) electrons. The van der Waals surface area contributed by atoms with Crippen molar-refractivity contribution in [2.45, 2.75) is 58.4 Å². The van der Waals surface area contributed by atoms with Crippen LogP contribution in [0, 0.1) is 0 Å². The first-order chi connectivity index (χ1) is 9.93. The maximum absolute atomic E-state index is 12.1. The van der Waals surface area contributed by atoms with Crippen LogP contribution >= 0.6 is 0 Å². The smallest absolute Gasteiger partial charge is 0.342 e. The van der Waals surface area contributed by atoms with E-state index >= 15 is 0 Å². The summed E-state index contributed by atoms with van der Waals surface area (Å²) in [6, 6.07) is 7.12. The van der Waals surface area contributed by atoms with Crippen molar-refractivity contribution in [3.8, 4) is 5.75 Å². The fraction of sp³-hybridized carbons (Fsp3) is 0.588. The van der Waals surface area contributed by atoms with Crippen LogP contribution in [0.25, 0.3) is 0 Å². The number of carbonyl (C=O) groups is 1. The highest BCUT2D eigenvalue weighted by Gasteiger charge is 2.42. The number of ether oxygens (including phenoxy) is 1. The van der Waals surface area contributed by atoms with Crippen LogP contribution in [-0.4, -0.2) is 26.0 Å². The van der Waals surface area contributed by atoms with E-state index in [0.717, 1.165) is 0 Å². The summed E-state index contributed by atoms with van der Waals surface area (Å²) >= 11 is 0. The summed E-state index contributed by atoms with van der Waals surface area (Å²) in [6.07, 6.45) is 0. The van der Waals surface area contributed by atoms with E-state index in [4.69, 9.17) is 9.16 Å². The summed E-state index contributed by atoms with van der Waals surface area (Å²) in [4.78, 5) is 12.1. The Morgan fingerprint density at radius 2 is 1.73 bits per heavy atom. The molecule has 4 nitrogen and oxygen atoms in total. The Labute approximate surface area is 134 Å². The topological polar surface area (TPSA) is 55.8 Å². The van der Waals surface area contributed by atoms with E-state index in [2.05, 4.69) is 33.9 Å². The lowest BCUT2D eigenvalue weighted by atomic mass is 9.95. The molecule has 1 unspecified atom stereocenters. The van der Waals surface area contributed by atoms with Crippen molar-refractivity contribution >= 4 is 14.3 Å². The van der Waals surface area contributed by atoms with Gasteiger partial charge in [0.2, 0.25) is 8.32 Å². The van der Waals surface area contributed by atoms with Crippen molar-refractivity contribution in [2.75, 3.05) is 6.61 Å². The van der Waals surface area contributed by atoms with Gasteiger partial charge in [-0.1, -0.05) is 39.0 Å².